The number of ether oxygens (including phenoxy) is 1. The molecule has 1 aromatic carbocycles. The van der Waals surface area contributed by atoms with Crippen molar-refractivity contribution in [1.29, 1.82) is 0 Å². The van der Waals surface area contributed by atoms with Gasteiger partial charge in [-0.1, -0.05) is 0 Å². The number of anilines is 1. The molecule has 4 heterocycles. The molecule has 9 nitrogen and oxygen atoms in total. The minimum atomic E-state index is -0.0682. The van der Waals surface area contributed by atoms with Crippen molar-refractivity contribution in [2.75, 3.05) is 25.1 Å². The molecule has 162 valence electrons. The first-order valence-corrected chi connectivity index (χ1v) is 11.0. The molecule has 1 aliphatic rings. The summed E-state index contributed by atoms with van der Waals surface area (Å²) in [6.45, 7) is 1.67. The van der Waals surface area contributed by atoms with Crippen molar-refractivity contribution >= 4 is 23.1 Å². The third-order valence-corrected chi connectivity index (χ3v) is 6.26. The Balaban J connectivity index is 1.13. The number of rotatable bonds is 7. The van der Waals surface area contributed by atoms with Crippen LogP contribution in [0.2, 0.25) is 0 Å². The molecule has 0 radical (unpaired) electrons. The summed E-state index contributed by atoms with van der Waals surface area (Å²) >= 11 is 1.56. The number of hydrogen-bond donors (Lipinski definition) is 1. The molecule has 1 saturated heterocycles. The van der Waals surface area contributed by atoms with Gasteiger partial charge in [0.05, 0.1) is 25.3 Å². The monoisotopic (exact) mass is 447 g/mol. The van der Waals surface area contributed by atoms with Gasteiger partial charge in [-0.2, -0.15) is 0 Å². The number of amides is 1. The topological polar surface area (TPSA) is 98.1 Å². The minimum Gasteiger partial charge on any atom is -0.497 e. The van der Waals surface area contributed by atoms with E-state index in [4.69, 9.17) is 4.74 Å². The van der Waals surface area contributed by atoms with Gasteiger partial charge in [0.25, 0.3) is 0 Å². The Morgan fingerprint density at radius 2 is 2.03 bits per heavy atom. The van der Waals surface area contributed by atoms with E-state index < -0.39 is 0 Å². The summed E-state index contributed by atoms with van der Waals surface area (Å²) in [7, 11) is 1.65. The van der Waals surface area contributed by atoms with Gasteiger partial charge in [-0.05, 0) is 24.3 Å². The Hall–Kier alpha value is -3.79. The summed E-state index contributed by atoms with van der Waals surface area (Å²) in [6, 6.07) is 9.68. The zero-order valence-electron chi connectivity index (χ0n) is 17.4. The Morgan fingerprint density at radius 3 is 2.78 bits per heavy atom. The molecule has 5 rings (SSSR count). The van der Waals surface area contributed by atoms with Crippen molar-refractivity contribution in [3.8, 4) is 22.1 Å². The SMILES string of the molecule is COc1ccc(-c2nc(CNC(=O)C3CN(c4cc(-n5ccnc5)ncn4)C3)cs2)cc1. The van der Waals surface area contributed by atoms with E-state index in [1.165, 1.54) is 6.33 Å². The van der Waals surface area contributed by atoms with Crippen LogP contribution in [0.15, 0.2) is 60.8 Å². The van der Waals surface area contributed by atoms with E-state index in [0.29, 0.717) is 19.6 Å². The third-order valence-electron chi connectivity index (χ3n) is 5.32. The van der Waals surface area contributed by atoms with Crippen LogP contribution in [0.3, 0.4) is 0 Å². The molecule has 1 aliphatic heterocycles. The number of imidazole rings is 1. The van der Waals surface area contributed by atoms with Gasteiger partial charge in [-0.15, -0.1) is 11.3 Å². The van der Waals surface area contributed by atoms with E-state index in [9.17, 15) is 4.79 Å². The number of carbonyl (C=O) groups excluding carboxylic acids is 1. The Morgan fingerprint density at radius 1 is 1.22 bits per heavy atom. The molecule has 1 N–H and O–H groups in total. The maximum absolute atomic E-state index is 12.6. The van der Waals surface area contributed by atoms with E-state index in [2.05, 4.69) is 30.2 Å². The lowest BCUT2D eigenvalue weighted by Gasteiger charge is -2.39. The molecule has 1 amide bonds. The highest BCUT2D eigenvalue weighted by atomic mass is 32.1. The number of methoxy groups -OCH3 is 1. The molecular weight excluding hydrogens is 426 g/mol. The largest absolute Gasteiger partial charge is 0.497 e. The van der Waals surface area contributed by atoms with Crippen LogP contribution in [0, 0.1) is 5.92 Å². The van der Waals surface area contributed by atoms with E-state index >= 15 is 0 Å². The van der Waals surface area contributed by atoms with E-state index in [1.807, 2.05) is 46.5 Å². The number of nitrogens with zero attached hydrogens (tertiary/aromatic N) is 6. The second kappa shape index (κ2) is 8.75. The maximum atomic E-state index is 12.6. The summed E-state index contributed by atoms with van der Waals surface area (Å²) in [5.41, 5.74) is 1.88. The molecule has 32 heavy (non-hydrogen) atoms. The molecule has 4 aromatic rings. The van der Waals surface area contributed by atoms with Gasteiger partial charge in [0, 0.05) is 42.5 Å². The summed E-state index contributed by atoms with van der Waals surface area (Å²) < 4.78 is 7.02. The molecule has 0 unspecified atom stereocenters. The Labute approximate surface area is 188 Å². The van der Waals surface area contributed by atoms with Crippen LogP contribution in [0.4, 0.5) is 5.82 Å². The van der Waals surface area contributed by atoms with Crippen LogP contribution in [-0.4, -0.2) is 50.6 Å². The normalized spacial score (nSPS) is 13.6. The highest BCUT2D eigenvalue weighted by Gasteiger charge is 2.33. The predicted molar refractivity (Wildman–Crippen MR) is 121 cm³/mol. The second-order valence-corrected chi connectivity index (χ2v) is 8.25. The number of aromatic nitrogens is 5. The molecule has 0 saturated carbocycles. The zero-order chi connectivity index (χ0) is 21.9. The number of thiazole rings is 1. The summed E-state index contributed by atoms with van der Waals surface area (Å²) in [5.74, 6) is 2.32. The zero-order valence-corrected chi connectivity index (χ0v) is 18.2. The molecule has 1 fully saturated rings. The minimum absolute atomic E-state index is 0.0316. The number of nitrogens with one attached hydrogen (secondary N) is 1. The fourth-order valence-electron chi connectivity index (χ4n) is 3.45. The fraction of sp³-hybridized carbons (Fsp3) is 0.227. The van der Waals surface area contributed by atoms with Crippen molar-refractivity contribution in [1.82, 2.24) is 29.8 Å². The molecule has 0 bridgehead atoms. The van der Waals surface area contributed by atoms with Crippen LogP contribution < -0.4 is 15.0 Å². The highest BCUT2D eigenvalue weighted by molar-refractivity contribution is 7.13. The van der Waals surface area contributed by atoms with E-state index in [-0.39, 0.29) is 11.8 Å². The lowest BCUT2D eigenvalue weighted by atomic mass is 9.99. The van der Waals surface area contributed by atoms with Crippen LogP contribution >= 0.6 is 11.3 Å². The average Bonchev–Trinajstić information content (AvgIpc) is 3.50. The number of hydrogen-bond acceptors (Lipinski definition) is 8. The molecule has 0 atom stereocenters. The van der Waals surface area contributed by atoms with Crippen LogP contribution in [0.1, 0.15) is 5.69 Å². The molecular formula is C22H21N7O2S. The lowest BCUT2D eigenvalue weighted by Crippen LogP contribution is -2.54. The van der Waals surface area contributed by atoms with Gasteiger partial charge in [0.1, 0.15) is 35.0 Å². The summed E-state index contributed by atoms with van der Waals surface area (Å²) in [4.78, 5) is 31.9. The predicted octanol–water partition coefficient (Wildman–Crippen LogP) is 2.55. The number of carbonyl (C=O) groups is 1. The van der Waals surface area contributed by atoms with Gasteiger partial charge in [-0.3, -0.25) is 9.36 Å². The quantitative estimate of drug-likeness (QED) is 0.465. The fourth-order valence-corrected chi connectivity index (χ4v) is 4.28. The van der Waals surface area contributed by atoms with Crippen molar-refractivity contribution in [2.45, 2.75) is 6.54 Å². The Bertz CT molecular complexity index is 1200. The van der Waals surface area contributed by atoms with E-state index in [1.54, 1.807) is 31.0 Å². The van der Waals surface area contributed by atoms with Crippen molar-refractivity contribution in [3.05, 3.63) is 66.5 Å². The van der Waals surface area contributed by atoms with Crippen LogP contribution in [0.5, 0.6) is 5.75 Å². The summed E-state index contributed by atoms with van der Waals surface area (Å²) in [6.07, 6.45) is 6.75. The summed E-state index contributed by atoms with van der Waals surface area (Å²) in [5, 5.41) is 5.90. The van der Waals surface area contributed by atoms with Crippen LogP contribution in [-0.2, 0) is 11.3 Å². The lowest BCUT2D eigenvalue weighted by molar-refractivity contribution is -0.125. The van der Waals surface area contributed by atoms with E-state index in [0.717, 1.165) is 33.7 Å². The van der Waals surface area contributed by atoms with Gasteiger partial charge >= 0.3 is 0 Å². The molecule has 0 spiro atoms. The molecule has 0 aliphatic carbocycles. The van der Waals surface area contributed by atoms with Gasteiger partial charge in [0.2, 0.25) is 5.91 Å². The Kier molecular flexibility index (Phi) is 5.51. The van der Waals surface area contributed by atoms with Crippen molar-refractivity contribution < 1.29 is 9.53 Å². The third kappa shape index (κ3) is 4.17. The highest BCUT2D eigenvalue weighted by Crippen LogP contribution is 2.26. The average molecular weight is 448 g/mol. The first-order chi connectivity index (χ1) is 15.7. The molecule has 10 heteroatoms. The van der Waals surface area contributed by atoms with Crippen molar-refractivity contribution in [2.24, 2.45) is 5.92 Å². The van der Waals surface area contributed by atoms with Crippen molar-refractivity contribution in [3.63, 3.8) is 0 Å². The van der Waals surface area contributed by atoms with Gasteiger partial charge < -0.3 is 15.0 Å². The number of benzene rings is 1. The standard InChI is InChI=1S/C22H21N7O2S/c1-31-18-4-2-15(3-5-18)22-27-17(12-32-22)9-24-21(30)16-10-29(11-16)20-8-19(25-13-26-20)28-7-6-23-14-28/h2-8,12-14,16H,9-11H2,1H3,(H,24,30). The van der Waals surface area contributed by atoms with Crippen LogP contribution in [0.25, 0.3) is 16.4 Å². The first-order valence-electron chi connectivity index (χ1n) is 10.1. The molecule has 3 aromatic heterocycles. The smallest absolute Gasteiger partial charge is 0.227 e. The first kappa shape index (κ1) is 20.1. The van der Waals surface area contributed by atoms with Gasteiger partial charge in [0.15, 0.2) is 0 Å². The second-order valence-electron chi connectivity index (χ2n) is 7.40. The maximum Gasteiger partial charge on any atom is 0.227 e. The van der Waals surface area contributed by atoms with Gasteiger partial charge in [-0.25, -0.2) is 19.9 Å².